The minimum atomic E-state index is -0.506. The zero-order valence-corrected chi connectivity index (χ0v) is 13.1. The van der Waals surface area contributed by atoms with Gasteiger partial charge in [-0.15, -0.1) is 0 Å². The molecule has 5 nitrogen and oxygen atoms in total. The molecule has 0 aromatic heterocycles. The summed E-state index contributed by atoms with van der Waals surface area (Å²) in [4.78, 5) is 11.6. The Hall–Kier alpha value is -1.82. The van der Waals surface area contributed by atoms with Crippen LogP contribution in [-0.4, -0.2) is 16.8 Å². The first-order valence-electron chi connectivity index (χ1n) is 6.31. The summed E-state index contributed by atoms with van der Waals surface area (Å²) >= 11 is 4.82. The monoisotopic (exact) mass is 295 g/mol. The largest absolute Gasteiger partial charge is 0.444 e. The fraction of sp³-hybridized carbons (Fsp3) is 0.429. The minimum Gasteiger partial charge on any atom is -0.444 e. The molecule has 6 heteroatoms. The molecule has 1 aromatic carbocycles. The second kappa shape index (κ2) is 6.56. The summed E-state index contributed by atoms with van der Waals surface area (Å²) in [7, 11) is 0. The van der Waals surface area contributed by atoms with Crippen LogP contribution in [0.1, 0.15) is 31.9 Å². The maximum Gasteiger partial charge on any atom is 0.407 e. The number of rotatable bonds is 3. The summed E-state index contributed by atoms with van der Waals surface area (Å²) in [6, 6.07) is 5.68. The smallest absolute Gasteiger partial charge is 0.407 e. The van der Waals surface area contributed by atoms with Gasteiger partial charge in [-0.2, -0.15) is 0 Å². The van der Waals surface area contributed by atoms with Crippen LogP contribution in [0.3, 0.4) is 0 Å². The first-order valence-corrected chi connectivity index (χ1v) is 6.71. The SMILES string of the molecule is Cc1c(CNC(=O)OC(C)(C)C)cccc1NC(N)=S. The van der Waals surface area contributed by atoms with Crippen molar-refractivity contribution in [1.82, 2.24) is 5.32 Å². The van der Waals surface area contributed by atoms with Crippen molar-refractivity contribution in [3.8, 4) is 0 Å². The van der Waals surface area contributed by atoms with Crippen molar-refractivity contribution in [2.24, 2.45) is 5.73 Å². The van der Waals surface area contributed by atoms with Crippen LogP contribution in [0.5, 0.6) is 0 Å². The molecule has 1 rings (SSSR count). The molecule has 0 radical (unpaired) electrons. The van der Waals surface area contributed by atoms with Crippen LogP contribution in [0.4, 0.5) is 10.5 Å². The molecule has 110 valence electrons. The highest BCUT2D eigenvalue weighted by molar-refractivity contribution is 7.80. The van der Waals surface area contributed by atoms with E-state index in [2.05, 4.69) is 10.6 Å². The minimum absolute atomic E-state index is 0.213. The van der Waals surface area contributed by atoms with Gasteiger partial charge in [0, 0.05) is 12.2 Å². The van der Waals surface area contributed by atoms with Crippen LogP contribution in [0.15, 0.2) is 18.2 Å². The van der Waals surface area contributed by atoms with Crippen molar-refractivity contribution in [1.29, 1.82) is 0 Å². The molecule has 0 aliphatic heterocycles. The van der Waals surface area contributed by atoms with Gasteiger partial charge in [0.25, 0.3) is 0 Å². The topological polar surface area (TPSA) is 76.4 Å². The number of nitrogens with one attached hydrogen (secondary N) is 2. The lowest BCUT2D eigenvalue weighted by atomic mass is 10.1. The number of nitrogens with two attached hydrogens (primary N) is 1. The molecule has 0 bridgehead atoms. The number of thiocarbonyl (C=S) groups is 1. The van der Waals surface area contributed by atoms with E-state index in [1.807, 2.05) is 45.9 Å². The quantitative estimate of drug-likeness (QED) is 0.747. The molecule has 4 N–H and O–H groups in total. The van der Waals surface area contributed by atoms with Crippen LogP contribution in [0, 0.1) is 6.92 Å². The Bertz CT molecular complexity index is 510. The number of carbonyl (C=O) groups excluding carboxylic acids is 1. The maximum absolute atomic E-state index is 11.6. The lowest BCUT2D eigenvalue weighted by Crippen LogP contribution is -2.32. The van der Waals surface area contributed by atoms with Crippen molar-refractivity contribution in [2.45, 2.75) is 39.8 Å². The Kier molecular flexibility index (Phi) is 5.33. The summed E-state index contributed by atoms with van der Waals surface area (Å²) in [6.45, 7) is 7.79. The Balaban J connectivity index is 2.69. The van der Waals surface area contributed by atoms with Gasteiger partial charge in [0.05, 0.1) is 0 Å². The van der Waals surface area contributed by atoms with Crippen LogP contribution in [0.25, 0.3) is 0 Å². The Morgan fingerprint density at radius 2 is 2.05 bits per heavy atom. The normalized spacial score (nSPS) is 10.8. The van der Waals surface area contributed by atoms with Gasteiger partial charge in [-0.3, -0.25) is 0 Å². The van der Waals surface area contributed by atoms with Crippen LogP contribution < -0.4 is 16.4 Å². The predicted molar refractivity (Wildman–Crippen MR) is 84.7 cm³/mol. The van der Waals surface area contributed by atoms with Gasteiger partial charge < -0.3 is 21.1 Å². The highest BCUT2D eigenvalue weighted by atomic mass is 32.1. The second-order valence-electron chi connectivity index (χ2n) is 5.43. The maximum atomic E-state index is 11.6. The van der Waals surface area contributed by atoms with Gasteiger partial charge in [0.2, 0.25) is 0 Å². The third-order valence-corrected chi connectivity index (χ3v) is 2.63. The van der Waals surface area contributed by atoms with Crippen molar-refractivity contribution in [3.05, 3.63) is 29.3 Å². The summed E-state index contributed by atoms with van der Waals surface area (Å²) < 4.78 is 5.19. The van der Waals surface area contributed by atoms with Gasteiger partial charge >= 0.3 is 6.09 Å². The zero-order chi connectivity index (χ0) is 15.3. The molecule has 1 amide bonds. The molecule has 1 aromatic rings. The first-order chi connectivity index (χ1) is 9.19. The standard InChI is InChI=1S/C14H21N3O2S/c1-9-10(6-5-7-11(9)17-12(15)20)8-16-13(18)19-14(2,3)4/h5-7H,8H2,1-4H3,(H,16,18)(H3,15,17,20). The number of anilines is 1. The van der Waals surface area contributed by atoms with Crippen LogP contribution in [-0.2, 0) is 11.3 Å². The second-order valence-corrected chi connectivity index (χ2v) is 5.87. The number of alkyl carbamates (subject to hydrolysis) is 1. The van der Waals surface area contributed by atoms with E-state index in [-0.39, 0.29) is 5.11 Å². The van der Waals surface area contributed by atoms with E-state index < -0.39 is 11.7 Å². The van der Waals surface area contributed by atoms with Crippen molar-refractivity contribution >= 4 is 29.1 Å². The molecule has 0 fully saturated rings. The molecule has 0 aliphatic rings. The van der Waals surface area contributed by atoms with Crippen molar-refractivity contribution in [3.63, 3.8) is 0 Å². The highest BCUT2D eigenvalue weighted by Gasteiger charge is 2.16. The molecule has 0 unspecified atom stereocenters. The molecular formula is C14H21N3O2S. The number of benzene rings is 1. The third kappa shape index (κ3) is 5.44. The lowest BCUT2D eigenvalue weighted by Gasteiger charge is -2.20. The van der Waals surface area contributed by atoms with Gasteiger partial charge in [-0.05, 0) is 57.1 Å². The van der Waals surface area contributed by atoms with E-state index in [1.165, 1.54) is 0 Å². The van der Waals surface area contributed by atoms with Crippen LogP contribution in [0.2, 0.25) is 0 Å². The summed E-state index contributed by atoms with van der Waals surface area (Å²) in [5.41, 5.74) is 7.75. The van der Waals surface area contributed by atoms with E-state index in [0.29, 0.717) is 6.54 Å². The fourth-order valence-electron chi connectivity index (χ4n) is 1.62. The lowest BCUT2D eigenvalue weighted by molar-refractivity contribution is 0.0523. The van der Waals surface area contributed by atoms with Crippen molar-refractivity contribution in [2.75, 3.05) is 5.32 Å². The van der Waals surface area contributed by atoms with E-state index in [1.54, 1.807) is 0 Å². The van der Waals surface area contributed by atoms with Crippen LogP contribution >= 0.6 is 12.2 Å². The Labute approximate surface area is 124 Å². The summed E-state index contributed by atoms with van der Waals surface area (Å²) in [6.07, 6.45) is -0.440. The molecule has 0 saturated heterocycles. The van der Waals surface area contributed by atoms with Crippen molar-refractivity contribution < 1.29 is 9.53 Å². The highest BCUT2D eigenvalue weighted by Crippen LogP contribution is 2.18. The molecule has 0 heterocycles. The number of amides is 1. The fourth-order valence-corrected chi connectivity index (χ4v) is 1.73. The number of ether oxygens (including phenoxy) is 1. The molecule has 20 heavy (non-hydrogen) atoms. The van der Waals surface area contributed by atoms with Gasteiger partial charge in [0.15, 0.2) is 5.11 Å². The zero-order valence-electron chi connectivity index (χ0n) is 12.2. The Morgan fingerprint density at radius 1 is 1.40 bits per heavy atom. The molecule has 0 saturated carbocycles. The van der Waals surface area contributed by atoms with E-state index >= 15 is 0 Å². The average Bonchev–Trinajstić information content (AvgIpc) is 2.27. The van der Waals surface area contributed by atoms with Gasteiger partial charge in [0.1, 0.15) is 5.60 Å². The summed E-state index contributed by atoms with van der Waals surface area (Å²) in [5, 5.41) is 5.84. The number of hydrogen-bond acceptors (Lipinski definition) is 3. The predicted octanol–water partition coefficient (Wildman–Crippen LogP) is 2.68. The number of hydrogen-bond donors (Lipinski definition) is 3. The van der Waals surface area contributed by atoms with E-state index in [0.717, 1.165) is 16.8 Å². The van der Waals surface area contributed by atoms with E-state index in [9.17, 15) is 4.79 Å². The third-order valence-electron chi connectivity index (χ3n) is 2.53. The summed E-state index contributed by atoms with van der Waals surface area (Å²) in [5.74, 6) is 0. The van der Waals surface area contributed by atoms with Gasteiger partial charge in [-0.1, -0.05) is 12.1 Å². The first kappa shape index (κ1) is 16.2. The Morgan fingerprint density at radius 3 is 2.60 bits per heavy atom. The average molecular weight is 295 g/mol. The molecular weight excluding hydrogens is 274 g/mol. The number of carbonyl (C=O) groups is 1. The van der Waals surface area contributed by atoms with Gasteiger partial charge in [-0.25, -0.2) is 4.79 Å². The molecule has 0 spiro atoms. The van der Waals surface area contributed by atoms with E-state index in [4.69, 9.17) is 22.7 Å². The molecule has 0 aliphatic carbocycles. The molecule has 0 atom stereocenters.